The summed E-state index contributed by atoms with van der Waals surface area (Å²) >= 11 is 0. The Labute approximate surface area is 189 Å². The monoisotopic (exact) mass is 444 g/mol. The van der Waals surface area contributed by atoms with Crippen LogP contribution in [-0.2, 0) is 27.9 Å². The first-order chi connectivity index (χ1) is 15.6. The Morgan fingerprint density at radius 3 is 2.03 bits per heavy atom. The number of aliphatic imine (C=N–C) groups is 1. The van der Waals surface area contributed by atoms with Gasteiger partial charge >= 0.3 is 0 Å². The van der Waals surface area contributed by atoms with Crippen molar-refractivity contribution in [3.8, 4) is 0 Å². The van der Waals surface area contributed by atoms with Crippen LogP contribution in [0.25, 0.3) is 0 Å². The molecule has 6 nitrogen and oxygen atoms in total. The fourth-order valence-corrected chi connectivity index (χ4v) is 5.08. The fraction of sp³-hybridized carbons (Fsp3) is 0.200. The van der Waals surface area contributed by atoms with E-state index in [1.54, 1.807) is 0 Å². The second kappa shape index (κ2) is 8.24. The zero-order valence-corrected chi connectivity index (χ0v) is 18.3. The Morgan fingerprint density at radius 1 is 0.938 bits per heavy atom. The lowest BCUT2D eigenvalue weighted by Gasteiger charge is -2.27. The molecule has 1 fully saturated rings. The molecule has 32 heavy (non-hydrogen) atoms. The van der Waals surface area contributed by atoms with Gasteiger partial charge in [-0.3, -0.25) is 9.69 Å². The quantitative estimate of drug-likeness (QED) is 0.584. The molecule has 0 bridgehead atoms. The van der Waals surface area contributed by atoms with Crippen LogP contribution in [0.2, 0.25) is 0 Å². The number of hydrogen-bond donors (Lipinski definition) is 2. The number of carbonyl (C=O) groups excluding carboxylic acids is 1. The van der Waals surface area contributed by atoms with E-state index in [0.717, 1.165) is 35.2 Å². The molecule has 1 aliphatic carbocycles. The highest BCUT2D eigenvalue weighted by atomic mass is 32.2. The summed E-state index contributed by atoms with van der Waals surface area (Å²) in [6.45, 7) is 0.307. The number of hydrogen-bond acceptors (Lipinski definition) is 4. The first-order valence-corrected chi connectivity index (χ1v) is 11.8. The van der Waals surface area contributed by atoms with Crippen LogP contribution < -0.4 is 10.5 Å². The summed E-state index contributed by atoms with van der Waals surface area (Å²) < 4.78 is 15.1. The van der Waals surface area contributed by atoms with Gasteiger partial charge in [-0.15, -0.1) is 0 Å². The average molecular weight is 445 g/mol. The van der Waals surface area contributed by atoms with E-state index in [2.05, 4.69) is 4.72 Å². The second-order valence-electron chi connectivity index (χ2n) is 8.10. The molecule has 0 aromatic heterocycles. The summed E-state index contributed by atoms with van der Waals surface area (Å²) in [6.07, 6.45) is 2.02. The summed E-state index contributed by atoms with van der Waals surface area (Å²) in [7, 11) is -1.04. The van der Waals surface area contributed by atoms with Gasteiger partial charge in [0.2, 0.25) is 0 Å². The molecule has 3 N–H and O–H groups in total. The van der Waals surface area contributed by atoms with Crippen LogP contribution in [-0.4, -0.2) is 26.2 Å². The van der Waals surface area contributed by atoms with E-state index in [9.17, 15) is 9.00 Å². The summed E-state index contributed by atoms with van der Waals surface area (Å²) in [4.78, 5) is 20.1. The molecule has 162 valence electrons. The molecule has 1 heterocycles. The fourth-order valence-electron chi connectivity index (χ4n) is 3.98. The molecular formula is C25H24N4O2S. The lowest BCUT2D eigenvalue weighted by atomic mass is 9.83. The maximum Gasteiger partial charge on any atom is 0.266 e. The maximum atomic E-state index is 13.8. The Morgan fingerprint density at radius 2 is 1.50 bits per heavy atom. The van der Waals surface area contributed by atoms with E-state index in [-0.39, 0.29) is 17.1 Å². The lowest BCUT2D eigenvalue weighted by Crippen LogP contribution is -2.43. The van der Waals surface area contributed by atoms with Gasteiger partial charge in [0.15, 0.2) is 11.5 Å². The summed E-state index contributed by atoms with van der Waals surface area (Å²) in [5.74, 6) is 0.0178. The molecule has 1 aliphatic heterocycles. The molecule has 0 spiro atoms. The third-order valence-corrected chi connectivity index (χ3v) is 7.35. The number of amides is 1. The Hall–Kier alpha value is -3.45. The van der Waals surface area contributed by atoms with Crippen molar-refractivity contribution in [2.75, 3.05) is 4.72 Å². The van der Waals surface area contributed by atoms with Gasteiger partial charge in [0.25, 0.3) is 5.91 Å². The predicted molar refractivity (Wildman–Crippen MR) is 127 cm³/mol. The predicted octanol–water partition coefficient (Wildman–Crippen LogP) is 3.53. The molecule has 0 saturated heterocycles. The molecule has 2 aliphatic rings. The molecule has 5 rings (SSSR count). The number of anilines is 1. The molecule has 3 aromatic carbocycles. The minimum atomic E-state index is -1.20. The van der Waals surface area contributed by atoms with E-state index >= 15 is 0 Å². The minimum absolute atomic E-state index is 0.176. The van der Waals surface area contributed by atoms with E-state index < -0.39 is 16.5 Å². The largest absolute Gasteiger partial charge is 0.369 e. The zero-order valence-electron chi connectivity index (χ0n) is 17.5. The third kappa shape index (κ3) is 3.69. The molecule has 1 unspecified atom stereocenters. The van der Waals surface area contributed by atoms with Gasteiger partial charge in [-0.1, -0.05) is 72.8 Å². The normalized spacial score (nSPS) is 18.3. The van der Waals surface area contributed by atoms with Crippen molar-refractivity contribution in [3.05, 3.63) is 102 Å². The first-order valence-electron chi connectivity index (χ1n) is 10.6. The number of nitrogens with zero attached hydrogens (tertiary/aromatic N) is 2. The van der Waals surface area contributed by atoms with Gasteiger partial charge < -0.3 is 10.5 Å². The number of rotatable bonds is 7. The molecular weight excluding hydrogens is 420 g/mol. The second-order valence-corrected chi connectivity index (χ2v) is 9.57. The number of nitrogens with two attached hydrogens (primary N) is 1. The highest BCUT2D eigenvalue weighted by Crippen LogP contribution is 2.40. The van der Waals surface area contributed by atoms with Crippen LogP contribution in [0.4, 0.5) is 5.69 Å². The zero-order chi connectivity index (χ0) is 22.1. The van der Waals surface area contributed by atoms with Crippen LogP contribution in [0, 0.1) is 0 Å². The minimum Gasteiger partial charge on any atom is -0.369 e. The summed E-state index contributed by atoms with van der Waals surface area (Å²) in [5, 5.41) is 0.261. The summed E-state index contributed by atoms with van der Waals surface area (Å²) in [5.41, 5.74) is 8.38. The van der Waals surface area contributed by atoms with Crippen molar-refractivity contribution in [2.45, 2.75) is 30.2 Å². The van der Waals surface area contributed by atoms with E-state index in [1.165, 1.54) is 4.90 Å². The number of nitrogens with one attached hydrogen (secondary N) is 1. The van der Waals surface area contributed by atoms with Crippen LogP contribution in [0.3, 0.4) is 0 Å². The average Bonchev–Trinajstić information content (AvgIpc) is 3.65. The van der Waals surface area contributed by atoms with E-state index in [0.29, 0.717) is 6.54 Å². The Kier molecular flexibility index (Phi) is 5.27. The number of benzene rings is 3. The molecule has 0 radical (unpaired) electrons. The van der Waals surface area contributed by atoms with Gasteiger partial charge in [0, 0.05) is 5.69 Å². The van der Waals surface area contributed by atoms with Crippen LogP contribution >= 0.6 is 0 Å². The van der Waals surface area contributed by atoms with Crippen molar-refractivity contribution in [1.82, 2.24) is 4.90 Å². The third-order valence-electron chi connectivity index (χ3n) is 5.84. The molecule has 1 saturated carbocycles. The van der Waals surface area contributed by atoms with Crippen LogP contribution in [0.5, 0.6) is 0 Å². The molecule has 7 heteroatoms. The van der Waals surface area contributed by atoms with Crippen molar-refractivity contribution < 1.29 is 9.00 Å². The van der Waals surface area contributed by atoms with Gasteiger partial charge in [-0.25, -0.2) is 9.20 Å². The van der Waals surface area contributed by atoms with Gasteiger partial charge in [0.05, 0.1) is 11.8 Å². The molecule has 1 atom stereocenters. The number of carbonyl (C=O) groups is 1. The van der Waals surface area contributed by atoms with Gasteiger partial charge in [0.1, 0.15) is 11.0 Å². The van der Waals surface area contributed by atoms with Crippen molar-refractivity contribution in [3.63, 3.8) is 0 Å². The highest BCUT2D eigenvalue weighted by Gasteiger charge is 2.50. The molecule has 3 aromatic rings. The maximum absolute atomic E-state index is 13.8. The smallest absolute Gasteiger partial charge is 0.266 e. The Bertz CT molecular complexity index is 1140. The standard InChI is InChI=1S/C25H24N4O2S/c26-24-27-25(19-7-3-1-4-8-19,20-9-5-2-6-10-20)23(30)29(24)17-18-11-13-21(14-12-18)28-32(31)22-15-16-22/h1-14,22,28H,15-17H2,(H2,26,27). The van der Waals surface area contributed by atoms with Crippen LogP contribution in [0.1, 0.15) is 29.5 Å². The van der Waals surface area contributed by atoms with E-state index in [4.69, 9.17) is 10.7 Å². The van der Waals surface area contributed by atoms with Gasteiger partial charge in [-0.2, -0.15) is 0 Å². The number of guanidine groups is 1. The van der Waals surface area contributed by atoms with Crippen molar-refractivity contribution in [2.24, 2.45) is 10.7 Å². The topological polar surface area (TPSA) is 87.8 Å². The van der Waals surface area contributed by atoms with Crippen LogP contribution in [0.15, 0.2) is 89.9 Å². The summed E-state index contributed by atoms with van der Waals surface area (Å²) in [6, 6.07) is 26.7. The Balaban J connectivity index is 1.42. The van der Waals surface area contributed by atoms with Crippen molar-refractivity contribution >= 4 is 28.5 Å². The van der Waals surface area contributed by atoms with Gasteiger partial charge in [-0.05, 0) is 41.7 Å². The highest BCUT2D eigenvalue weighted by molar-refractivity contribution is 7.87. The molecule has 1 amide bonds. The SMILES string of the molecule is NC1=NC(c2ccccc2)(c2ccccc2)C(=O)N1Cc1ccc(NS(=O)C2CC2)cc1. The first kappa shape index (κ1) is 20.5. The van der Waals surface area contributed by atoms with E-state index in [1.807, 2.05) is 84.9 Å². The lowest BCUT2D eigenvalue weighted by molar-refractivity contribution is -0.130. The van der Waals surface area contributed by atoms with Crippen molar-refractivity contribution in [1.29, 1.82) is 0 Å².